The summed E-state index contributed by atoms with van der Waals surface area (Å²) in [6.45, 7) is 2.47. The predicted octanol–water partition coefficient (Wildman–Crippen LogP) is 3.86. The van der Waals surface area contributed by atoms with Crippen LogP contribution in [0, 0.1) is 6.92 Å². The Labute approximate surface area is 120 Å². The molecule has 96 valence electrons. The first-order chi connectivity index (χ1) is 8.60. The van der Waals surface area contributed by atoms with Crippen LogP contribution in [0.25, 0.3) is 0 Å². The number of rotatable bonds is 4. The highest BCUT2D eigenvalue weighted by Crippen LogP contribution is 2.25. The summed E-state index contributed by atoms with van der Waals surface area (Å²) >= 11 is 9.38. The highest BCUT2D eigenvalue weighted by molar-refractivity contribution is 9.08. The number of aryl methyl sites for hydroxylation is 2. The molecular weight excluding hydrogens is 316 g/mol. The molecule has 0 saturated carbocycles. The molecule has 18 heavy (non-hydrogen) atoms. The van der Waals surface area contributed by atoms with Crippen molar-refractivity contribution in [2.75, 3.05) is 0 Å². The van der Waals surface area contributed by atoms with Gasteiger partial charge in [-0.3, -0.25) is 4.68 Å². The van der Waals surface area contributed by atoms with Crippen molar-refractivity contribution in [3.8, 4) is 5.75 Å². The van der Waals surface area contributed by atoms with Crippen LogP contribution in [0.3, 0.4) is 0 Å². The molecule has 1 heterocycles. The molecule has 0 bridgehead atoms. The van der Waals surface area contributed by atoms with Crippen molar-refractivity contribution in [2.24, 2.45) is 7.05 Å². The van der Waals surface area contributed by atoms with Crippen molar-refractivity contribution in [3.05, 3.63) is 46.2 Å². The highest BCUT2D eigenvalue weighted by Gasteiger charge is 2.06. The Balaban J connectivity index is 2.13. The van der Waals surface area contributed by atoms with E-state index in [2.05, 4.69) is 21.0 Å². The van der Waals surface area contributed by atoms with E-state index in [-0.39, 0.29) is 0 Å². The molecule has 0 radical (unpaired) electrons. The molecule has 0 unspecified atom stereocenters. The van der Waals surface area contributed by atoms with Crippen molar-refractivity contribution in [2.45, 2.75) is 18.9 Å². The molecule has 2 aromatic rings. The summed E-state index contributed by atoms with van der Waals surface area (Å²) in [4.78, 5) is 0. The molecule has 0 aliphatic carbocycles. The molecule has 0 saturated heterocycles. The Hall–Kier alpha value is -1.00. The molecule has 0 aliphatic rings. The average molecular weight is 330 g/mol. The standard InChI is InChI=1S/C13H14BrClN2O/c1-9-5-12(17(2)16-9)8-18-13-4-3-11(15)6-10(13)7-14/h3-6H,7-8H2,1-2H3. The van der Waals surface area contributed by atoms with Gasteiger partial charge in [-0.1, -0.05) is 27.5 Å². The van der Waals surface area contributed by atoms with Crippen molar-refractivity contribution >= 4 is 27.5 Å². The lowest BCUT2D eigenvalue weighted by atomic mass is 10.2. The van der Waals surface area contributed by atoms with Gasteiger partial charge in [-0.2, -0.15) is 5.10 Å². The van der Waals surface area contributed by atoms with Crippen LogP contribution in [0.4, 0.5) is 0 Å². The fourth-order valence-corrected chi connectivity index (χ4v) is 2.38. The van der Waals surface area contributed by atoms with Crippen LogP contribution in [0.2, 0.25) is 5.02 Å². The molecule has 0 N–H and O–H groups in total. The maximum absolute atomic E-state index is 5.95. The molecule has 0 aliphatic heterocycles. The minimum atomic E-state index is 0.499. The van der Waals surface area contributed by atoms with Gasteiger partial charge in [0.2, 0.25) is 0 Å². The Morgan fingerprint density at radius 1 is 1.39 bits per heavy atom. The van der Waals surface area contributed by atoms with E-state index in [1.54, 1.807) is 0 Å². The second-order valence-electron chi connectivity index (χ2n) is 4.08. The van der Waals surface area contributed by atoms with Crippen LogP contribution in [0.5, 0.6) is 5.75 Å². The smallest absolute Gasteiger partial charge is 0.130 e. The zero-order chi connectivity index (χ0) is 13.1. The lowest BCUT2D eigenvalue weighted by Crippen LogP contribution is -2.04. The molecule has 0 atom stereocenters. The van der Waals surface area contributed by atoms with E-state index in [9.17, 15) is 0 Å². The Bertz CT molecular complexity index is 554. The van der Waals surface area contributed by atoms with Gasteiger partial charge in [0.1, 0.15) is 12.4 Å². The SMILES string of the molecule is Cc1cc(COc2ccc(Cl)cc2CBr)n(C)n1. The van der Waals surface area contributed by atoms with Crippen LogP contribution >= 0.6 is 27.5 Å². The van der Waals surface area contributed by atoms with E-state index in [1.807, 2.05) is 42.9 Å². The number of alkyl halides is 1. The van der Waals surface area contributed by atoms with E-state index in [0.29, 0.717) is 17.0 Å². The second kappa shape index (κ2) is 5.76. The summed E-state index contributed by atoms with van der Waals surface area (Å²) in [6, 6.07) is 7.64. The summed E-state index contributed by atoms with van der Waals surface area (Å²) in [5.41, 5.74) is 3.08. The molecule has 1 aromatic heterocycles. The molecule has 0 amide bonds. The van der Waals surface area contributed by atoms with Crippen LogP contribution < -0.4 is 4.74 Å². The molecule has 5 heteroatoms. The van der Waals surface area contributed by atoms with Gasteiger partial charge in [-0.25, -0.2) is 0 Å². The molecular formula is C13H14BrClN2O. The third-order valence-corrected chi connectivity index (χ3v) is 3.48. The number of ether oxygens (including phenoxy) is 1. The molecule has 0 fully saturated rings. The zero-order valence-corrected chi connectivity index (χ0v) is 12.6. The zero-order valence-electron chi connectivity index (χ0n) is 10.3. The molecule has 2 rings (SSSR count). The maximum Gasteiger partial charge on any atom is 0.130 e. The van der Waals surface area contributed by atoms with Crippen LogP contribution in [0.1, 0.15) is 17.0 Å². The van der Waals surface area contributed by atoms with Gasteiger partial charge in [0, 0.05) is 23.0 Å². The monoisotopic (exact) mass is 328 g/mol. The van der Waals surface area contributed by atoms with Gasteiger partial charge < -0.3 is 4.74 Å². The highest BCUT2D eigenvalue weighted by atomic mass is 79.9. The lowest BCUT2D eigenvalue weighted by Gasteiger charge is -2.10. The summed E-state index contributed by atoms with van der Waals surface area (Å²) in [5.74, 6) is 0.843. The summed E-state index contributed by atoms with van der Waals surface area (Å²) in [7, 11) is 1.92. The molecule has 1 aromatic carbocycles. The van der Waals surface area contributed by atoms with Crippen LogP contribution in [-0.2, 0) is 19.0 Å². The summed E-state index contributed by atoms with van der Waals surface area (Å²) in [6.07, 6.45) is 0. The molecule has 3 nitrogen and oxygen atoms in total. The van der Waals surface area contributed by atoms with Crippen LogP contribution in [0.15, 0.2) is 24.3 Å². The third kappa shape index (κ3) is 3.06. The largest absolute Gasteiger partial charge is 0.487 e. The van der Waals surface area contributed by atoms with Gasteiger partial charge in [0.15, 0.2) is 0 Å². The number of nitrogens with zero attached hydrogens (tertiary/aromatic N) is 2. The molecule has 0 spiro atoms. The Morgan fingerprint density at radius 2 is 2.17 bits per heavy atom. The fraction of sp³-hybridized carbons (Fsp3) is 0.308. The summed E-state index contributed by atoms with van der Waals surface area (Å²) < 4.78 is 7.65. The number of hydrogen-bond acceptors (Lipinski definition) is 2. The Kier molecular flexibility index (Phi) is 4.30. The lowest BCUT2D eigenvalue weighted by molar-refractivity contribution is 0.293. The van der Waals surface area contributed by atoms with E-state index >= 15 is 0 Å². The summed E-state index contributed by atoms with van der Waals surface area (Å²) in [5, 5.41) is 5.72. The second-order valence-corrected chi connectivity index (χ2v) is 5.07. The minimum absolute atomic E-state index is 0.499. The first-order valence-electron chi connectivity index (χ1n) is 5.57. The van der Waals surface area contributed by atoms with Crippen molar-refractivity contribution < 1.29 is 4.74 Å². The van der Waals surface area contributed by atoms with Gasteiger partial charge in [-0.05, 0) is 31.2 Å². The fourth-order valence-electron chi connectivity index (χ4n) is 1.74. The maximum atomic E-state index is 5.95. The predicted molar refractivity (Wildman–Crippen MR) is 76.4 cm³/mol. The van der Waals surface area contributed by atoms with Crippen LogP contribution in [-0.4, -0.2) is 9.78 Å². The van der Waals surface area contributed by atoms with Gasteiger partial charge in [0.05, 0.1) is 11.4 Å². The third-order valence-electron chi connectivity index (χ3n) is 2.64. The number of benzene rings is 1. The number of halogens is 2. The average Bonchev–Trinajstić information content (AvgIpc) is 2.66. The van der Waals surface area contributed by atoms with Crippen molar-refractivity contribution in [1.82, 2.24) is 9.78 Å². The van der Waals surface area contributed by atoms with Crippen molar-refractivity contribution in [3.63, 3.8) is 0 Å². The first-order valence-corrected chi connectivity index (χ1v) is 7.07. The first kappa shape index (κ1) is 13.4. The Morgan fingerprint density at radius 3 is 2.78 bits per heavy atom. The topological polar surface area (TPSA) is 27.1 Å². The van der Waals surface area contributed by atoms with Gasteiger partial charge in [-0.15, -0.1) is 0 Å². The minimum Gasteiger partial charge on any atom is -0.487 e. The van der Waals surface area contributed by atoms with Gasteiger partial charge >= 0.3 is 0 Å². The van der Waals surface area contributed by atoms with E-state index < -0.39 is 0 Å². The quantitative estimate of drug-likeness (QED) is 0.797. The van der Waals surface area contributed by atoms with E-state index in [1.165, 1.54) is 0 Å². The normalized spacial score (nSPS) is 10.7. The van der Waals surface area contributed by atoms with Crippen molar-refractivity contribution in [1.29, 1.82) is 0 Å². The van der Waals surface area contributed by atoms with E-state index in [4.69, 9.17) is 16.3 Å². The number of hydrogen-bond donors (Lipinski definition) is 0. The number of aromatic nitrogens is 2. The van der Waals surface area contributed by atoms with E-state index in [0.717, 1.165) is 22.7 Å². The van der Waals surface area contributed by atoms with Gasteiger partial charge in [0.25, 0.3) is 0 Å².